The zero-order chi connectivity index (χ0) is 19.4. The van der Waals surface area contributed by atoms with E-state index in [1.807, 2.05) is 17.6 Å². The SMILES string of the molecule is CC(C1CCCC2=Cc3c(-c4ccc(F)cc4)ncn3CC21C)C(F)(F)F. The summed E-state index contributed by atoms with van der Waals surface area (Å²) in [5.41, 5.74) is 3.00. The van der Waals surface area contributed by atoms with Crippen molar-refractivity contribution in [3.8, 4) is 11.3 Å². The topological polar surface area (TPSA) is 17.8 Å². The highest BCUT2D eigenvalue weighted by Gasteiger charge is 2.52. The normalized spacial score (nSPS) is 26.1. The van der Waals surface area contributed by atoms with Crippen LogP contribution in [-0.2, 0) is 6.54 Å². The number of fused-ring (bicyclic) bond motifs is 2. The standard InChI is InChI=1S/C21H22F4N2/c1-13(21(23,24)25)17-5-3-4-15-10-18-19(14-6-8-16(22)9-7-14)26-12-27(18)11-20(15,17)2/h6-10,12-13,17H,3-5,11H2,1-2H3. The molecule has 3 atom stereocenters. The minimum Gasteiger partial charge on any atom is -0.330 e. The van der Waals surface area contributed by atoms with E-state index in [0.29, 0.717) is 13.0 Å². The molecule has 6 heteroatoms. The first-order valence-electron chi connectivity index (χ1n) is 9.29. The van der Waals surface area contributed by atoms with E-state index in [-0.39, 0.29) is 5.82 Å². The Labute approximate surface area is 155 Å². The summed E-state index contributed by atoms with van der Waals surface area (Å²) in [5.74, 6) is -2.09. The van der Waals surface area contributed by atoms with Gasteiger partial charge in [0.1, 0.15) is 5.82 Å². The Hall–Kier alpha value is -2.11. The first kappa shape index (κ1) is 18.3. The predicted molar refractivity (Wildman–Crippen MR) is 96.3 cm³/mol. The Morgan fingerprint density at radius 3 is 2.59 bits per heavy atom. The number of imidazole rings is 1. The lowest BCUT2D eigenvalue weighted by Gasteiger charge is -2.48. The van der Waals surface area contributed by atoms with Gasteiger partial charge in [0.05, 0.1) is 23.6 Å². The third-order valence-electron chi connectivity index (χ3n) is 6.44. The van der Waals surface area contributed by atoms with Crippen molar-refractivity contribution in [1.29, 1.82) is 0 Å². The quantitative estimate of drug-likeness (QED) is 0.578. The number of hydrogen-bond acceptors (Lipinski definition) is 1. The lowest BCUT2D eigenvalue weighted by atomic mass is 9.59. The highest BCUT2D eigenvalue weighted by molar-refractivity contribution is 5.72. The molecule has 2 aliphatic rings. The third-order valence-corrected chi connectivity index (χ3v) is 6.44. The summed E-state index contributed by atoms with van der Waals surface area (Å²) in [7, 11) is 0. The highest BCUT2D eigenvalue weighted by atomic mass is 19.4. The van der Waals surface area contributed by atoms with E-state index >= 15 is 0 Å². The molecule has 144 valence electrons. The minimum absolute atomic E-state index is 0.311. The number of alkyl halides is 3. The molecule has 1 aliphatic heterocycles. The van der Waals surface area contributed by atoms with Crippen molar-refractivity contribution in [1.82, 2.24) is 9.55 Å². The molecule has 1 fully saturated rings. The first-order chi connectivity index (χ1) is 12.7. The van der Waals surface area contributed by atoms with Gasteiger partial charge in [-0.1, -0.05) is 19.4 Å². The van der Waals surface area contributed by atoms with Gasteiger partial charge in [0, 0.05) is 17.5 Å². The molecule has 0 saturated heterocycles. The van der Waals surface area contributed by atoms with Crippen LogP contribution < -0.4 is 0 Å². The highest BCUT2D eigenvalue weighted by Crippen LogP contribution is 2.55. The number of allylic oxidation sites excluding steroid dienone is 1. The third kappa shape index (κ3) is 2.99. The van der Waals surface area contributed by atoms with Crippen LogP contribution >= 0.6 is 0 Å². The summed E-state index contributed by atoms with van der Waals surface area (Å²) < 4.78 is 55.5. The Kier molecular flexibility index (Phi) is 4.20. The lowest BCUT2D eigenvalue weighted by Crippen LogP contribution is -2.45. The molecule has 0 amide bonds. The van der Waals surface area contributed by atoms with E-state index < -0.39 is 23.4 Å². The van der Waals surface area contributed by atoms with E-state index in [4.69, 9.17) is 0 Å². The van der Waals surface area contributed by atoms with Crippen LogP contribution in [0.1, 0.15) is 38.8 Å². The van der Waals surface area contributed by atoms with Gasteiger partial charge in [-0.2, -0.15) is 13.2 Å². The Morgan fingerprint density at radius 2 is 1.93 bits per heavy atom. The molecule has 2 aromatic rings. The average molecular weight is 378 g/mol. The van der Waals surface area contributed by atoms with Gasteiger partial charge < -0.3 is 4.57 Å². The number of hydrogen-bond donors (Lipinski definition) is 0. The van der Waals surface area contributed by atoms with Crippen LogP contribution in [0.15, 0.2) is 36.2 Å². The fourth-order valence-electron chi connectivity index (χ4n) is 4.86. The summed E-state index contributed by atoms with van der Waals surface area (Å²) in [6.07, 6.45) is 1.69. The van der Waals surface area contributed by atoms with Crippen molar-refractivity contribution in [3.63, 3.8) is 0 Å². The Balaban J connectivity index is 1.74. The maximum Gasteiger partial charge on any atom is 0.391 e. The second kappa shape index (κ2) is 6.21. The van der Waals surface area contributed by atoms with Crippen molar-refractivity contribution in [2.45, 2.75) is 45.8 Å². The molecular formula is C21H22F4N2. The van der Waals surface area contributed by atoms with E-state index in [0.717, 1.165) is 35.4 Å². The fraction of sp³-hybridized carbons (Fsp3) is 0.476. The van der Waals surface area contributed by atoms with Gasteiger partial charge >= 0.3 is 6.18 Å². The van der Waals surface area contributed by atoms with E-state index in [1.165, 1.54) is 19.1 Å². The maximum absolute atomic E-state index is 13.4. The molecule has 27 heavy (non-hydrogen) atoms. The zero-order valence-electron chi connectivity index (χ0n) is 15.4. The van der Waals surface area contributed by atoms with Gasteiger partial charge in [0.25, 0.3) is 0 Å². The second-order valence-electron chi connectivity index (χ2n) is 8.03. The fourth-order valence-corrected chi connectivity index (χ4v) is 4.86. The van der Waals surface area contributed by atoms with E-state index in [2.05, 4.69) is 4.98 Å². The zero-order valence-corrected chi connectivity index (χ0v) is 15.4. The molecule has 1 saturated carbocycles. The molecule has 0 bridgehead atoms. The number of benzene rings is 1. The van der Waals surface area contributed by atoms with Crippen LogP contribution in [0.2, 0.25) is 0 Å². The van der Waals surface area contributed by atoms with Crippen LogP contribution in [0.4, 0.5) is 17.6 Å². The van der Waals surface area contributed by atoms with Crippen LogP contribution in [-0.4, -0.2) is 15.7 Å². The largest absolute Gasteiger partial charge is 0.391 e. The van der Waals surface area contributed by atoms with Crippen LogP contribution in [0.5, 0.6) is 0 Å². The van der Waals surface area contributed by atoms with Gasteiger partial charge in [0.15, 0.2) is 0 Å². The molecular weight excluding hydrogens is 356 g/mol. The molecule has 3 unspecified atom stereocenters. The van der Waals surface area contributed by atoms with Crippen molar-refractivity contribution in [2.24, 2.45) is 17.3 Å². The second-order valence-corrected chi connectivity index (χ2v) is 8.03. The first-order valence-corrected chi connectivity index (χ1v) is 9.29. The number of halogens is 4. The monoisotopic (exact) mass is 378 g/mol. The van der Waals surface area contributed by atoms with Crippen molar-refractivity contribution in [3.05, 3.63) is 47.7 Å². The average Bonchev–Trinajstić information content (AvgIpc) is 3.00. The lowest BCUT2D eigenvalue weighted by molar-refractivity contribution is -0.196. The minimum atomic E-state index is -4.19. The Bertz CT molecular complexity index is 879. The molecule has 0 N–H and O–H groups in total. The Morgan fingerprint density at radius 1 is 1.22 bits per heavy atom. The molecule has 0 spiro atoms. The van der Waals surface area contributed by atoms with Crippen molar-refractivity contribution >= 4 is 6.08 Å². The van der Waals surface area contributed by atoms with Gasteiger partial charge in [-0.05, 0) is 55.5 Å². The summed E-state index contributed by atoms with van der Waals surface area (Å²) in [6.45, 7) is 3.77. The molecule has 2 heterocycles. The van der Waals surface area contributed by atoms with E-state index in [1.54, 1.807) is 18.5 Å². The summed E-state index contributed by atoms with van der Waals surface area (Å²) in [4.78, 5) is 4.48. The molecule has 1 aromatic carbocycles. The van der Waals surface area contributed by atoms with Gasteiger partial charge in [-0.15, -0.1) is 0 Å². The maximum atomic E-state index is 13.4. The number of aromatic nitrogens is 2. The van der Waals surface area contributed by atoms with E-state index in [9.17, 15) is 17.6 Å². The van der Waals surface area contributed by atoms with Crippen LogP contribution in [0.25, 0.3) is 17.3 Å². The molecule has 1 aromatic heterocycles. The van der Waals surface area contributed by atoms with Gasteiger partial charge in [-0.25, -0.2) is 9.37 Å². The smallest absolute Gasteiger partial charge is 0.330 e. The summed E-state index contributed by atoms with van der Waals surface area (Å²) >= 11 is 0. The predicted octanol–water partition coefficient (Wildman–Crippen LogP) is 6.09. The molecule has 2 nitrogen and oxygen atoms in total. The van der Waals surface area contributed by atoms with Crippen LogP contribution in [0, 0.1) is 23.1 Å². The summed E-state index contributed by atoms with van der Waals surface area (Å²) in [5, 5.41) is 0. The van der Waals surface area contributed by atoms with Crippen LogP contribution in [0.3, 0.4) is 0 Å². The molecule has 1 aliphatic carbocycles. The molecule has 0 radical (unpaired) electrons. The van der Waals surface area contributed by atoms with Crippen molar-refractivity contribution in [2.75, 3.05) is 0 Å². The van der Waals surface area contributed by atoms with Gasteiger partial charge in [-0.3, -0.25) is 0 Å². The molecule has 4 rings (SSSR count). The number of rotatable bonds is 2. The number of nitrogens with zero attached hydrogens (tertiary/aromatic N) is 2. The summed E-state index contributed by atoms with van der Waals surface area (Å²) in [6, 6.07) is 6.14. The van der Waals surface area contributed by atoms with Crippen molar-refractivity contribution < 1.29 is 17.6 Å². The van der Waals surface area contributed by atoms with Gasteiger partial charge in [0.2, 0.25) is 0 Å².